The molecule has 4 heteroatoms. The number of esters is 1. The SMILES string of the molecule is CCOC(=O)CCOC(C)c1ccc(O)c2ccccc12. The van der Waals surface area contributed by atoms with Crippen LogP contribution in [-0.2, 0) is 14.3 Å². The Kier molecular flexibility index (Phi) is 5.17. The standard InChI is InChI=1S/C17H20O4/c1-3-20-17(19)10-11-21-12(2)13-8-9-16(18)15-7-5-4-6-14(13)15/h4-9,12,18H,3,10-11H2,1-2H3. The van der Waals surface area contributed by atoms with Crippen LogP contribution in [0.4, 0.5) is 0 Å². The molecule has 21 heavy (non-hydrogen) atoms. The van der Waals surface area contributed by atoms with Crippen LogP contribution in [0.5, 0.6) is 5.75 Å². The number of benzene rings is 2. The molecule has 0 heterocycles. The average molecular weight is 288 g/mol. The number of aromatic hydroxyl groups is 1. The maximum Gasteiger partial charge on any atom is 0.308 e. The van der Waals surface area contributed by atoms with Crippen LogP contribution in [0.1, 0.15) is 31.9 Å². The van der Waals surface area contributed by atoms with Crippen LogP contribution < -0.4 is 0 Å². The van der Waals surface area contributed by atoms with Gasteiger partial charge in [-0.1, -0.05) is 30.3 Å². The lowest BCUT2D eigenvalue weighted by molar-refractivity contribution is -0.144. The second-order valence-corrected chi connectivity index (χ2v) is 4.79. The molecule has 2 aromatic rings. The van der Waals surface area contributed by atoms with Gasteiger partial charge < -0.3 is 14.6 Å². The van der Waals surface area contributed by atoms with E-state index >= 15 is 0 Å². The summed E-state index contributed by atoms with van der Waals surface area (Å²) >= 11 is 0. The first-order chi connectivity index (χ1) is 10.1. The van der Waals surface area contributed by atoms with Crippen LogP contribution in [0, 0.1) is 0 Å². The lowest BCUT2D eigenvalue weighted by Gasteiger charge is -2.16. The van der Waals surface area contributed by atoms with Gasteiger partial charge in [-0.15, -0.1) is 0 Å². The molecule has 1 unspecified atom stereocenters. The number of phenolic OH excluding ortho intramolecular Hbond substituents is 1. The van der Waals surface area contributed by atoms with E-state index in [4.69, 9.17) is 9.47 Å². The van der Waals surface area contributed by atoms with Gasteiger partial charge in [-0.25, -0.2) is 0 Å². The van der Waals surface area contributed by atoms with Crippen LogP contribution in [0.2, 0.25) is 0 Å². The van der Waals surface area contributed by atoms with E-state index in [0.29, 0.717) is 13.2 Å². The molecule has 0 aliphatic rings. The molecule has 4 nitrogen and oxygen atoms in total. The van der Waals surface area contributed by atoms with Gasteiger partial charge in [0.25, 0.3) is 0 Å². The first kappa shape index (κ1) is 15.3. The maximum atomic E-state index is 11.3. The number of fused-ring (bicyclic) bond motifs is 1. The molecule has 112 valence electrons. The van der Waals surface area contributed by atoms with Crippen molar-refractivity contribution in [2.45, 2.75) is 26.4 Å². The number of ether oxygens (including phenoxy) is 2. The molecule has 2 rings (SSSR count). The Labute approximate surface area is 124 Å². The summed E-state index contributed by atoms with van der Waals surface area (Å²) in [6.07, 6.45) is 0.0821. The van der Waals surface area contributed by atoms with E-state index in [-0.39, 0.29) is 24.2 Å². The van der Waals surface area contributed by atoms with E-state index in [1.165, 1.54) is 0 Å². The van der Waals surface area contributed by atoms with E-state index < -0.39 is 0 Å². The largest absolute Gasteiger partial charge is 0.507 e. The van der Waals surface area contributed by atoms with Gasteiger partial charge in [0.05, 0.1) is 25.7 Å². The highest BCUT2D eigenvalue weighted by Crippen LogP contribution is 2.31. The molecule has 0 saturated heterocycles. The first-order valence-corrected chi connectivity index (χ1v) is 7.11. The maximum absolute atomic E-state index is 11.3. The Balaban J connectivity index is 2.08. The van der Waals surface area contributed by atoms with Gasteiger partial charge >= 0.3 is 5.97 Å². The summed E-state index contributed by atoms with van der Waals surface area (Å²) in [5.74, 6) is 0.00772. The smallest absolute Gasteiger partial charge is 0.308 e. The summed E-state index contributed by atoms with van der Waals surface area (Å²) in [5.41, 5.74) is 0.993. The van der Waals surface area contributed by atoms with Crippen molar-refractivity contribution in [1.82, 2.24) is 0 Å². The van der Waals surface area contributed by atoms with Crippen LogP contribution >= 0.6 is 0 Å². The number of phenols is 1. The third-order valence-electron chi connectivity index (χ3n) is 3.35. The number of carbonyl (C=O) groups excluding carboxylic acids is 1. The zero-order valence-electron chi connectivity index (χ0n) is 12.3. The Morgan fingerprint density at radius 3 is 2.62 bits per heavy atom. The third-order valence-corrected chi connectivity index (χ3v) is 3.35. The van der Waals surface area contributed by atoms with Gasteiger partial charge in [-0.2, -0.15) is 0 Å². The molecule has 0 saturated carbocycles. The summed E-state index contributed by atoms with van der Waals surface area (Å²) in [6, 6.07) is 11.2. The molecule has 0 radical (unpaired) electrons. The molecule has 2 aromatic carbocycles. The van der Waals surface area contributed by atoms with Crippen molar-refractivity contribution in [2.75, 3.05) is 13.2 Å². The molecule has 0 aliphatic carbocycles. The Morgan fingerprint density at radius 1 is 1.19 bits per heavy atom. The summed E-state index contributed by atoms with van der Waals surface area (Å²) < 4.78 is 10.6. The molecule has 1 atom stereocenters. The van der Waals surface area contributed by atoms with Crippen LogP contribution in [-0.4, -0.2) is 24.3 Å². The Bertz CT molecular complexity index is 621. The van der Waals surface area contributed by atoms with Crippen LogP contribution in [0.15, 0.2) is 36.4 Å². The minimum absolute atomic E-state index is 0.162. The Hall–Kier alpha value is -2.07. The van der Waals surface area contributed by atoms with Crippen molar-refractivity contribution in [2.24, 2.45) is 0 Å². The Morgan fingerprint density at radius 2 is 1.90 bits per heavy atom. The van der Waals surface area contributed by atoms with Crippen LogP contribution in [0.3, 0.4) is 0 Å². The monoisotopic (exact) mass is 288 g/mol. The number of hydrogen-bond donors (Lipinski definition) is 1. The average Bonchev–Trinajstić information content (AvgIpc) is 2.48. The van der Waals surface area contributed by atoms with Crippen molar-refractivity contribution in [3.05, 3.63) is 42.0 Å². The second kappa shape index (κ2) is 7.09. The van der Waals surface area contributed by atoms with Crippen molar-refractivity contribution < 1.29 is 19.4 Å². The van der Waals surface area contributed by atoms with E-state index in [9.17, 15) is 9.90 Å². The lowest BCUT2D eigenvalue weighted by Crippen LogP contribution is -2.10. The summed E-state index contributed by atoms with van der Waals surface area (Å²) in [7, 11) is 0. The molecular weight excluding hydrogens is 268 g/mol. The highest BCUT2D eigenvalue weighted by atomic mass is 16.5. The van der Waals surface area contributed by atoms with Crippen molar-refractivity contribution >= 4 is 16.7 Å². The fourth-order valence-electron chi connectivity index (χ4n) is 2.30. The van der Waals surface area contributed by atoms with Gasteiger partial charge in [0.2, 0.25) is 0 Å². The minimum Gasteiger partial charge on any atom is -0.507 e. The predicted molar refractivity (Wildman–Crippen MR) is 81.2 cm³/mol. The zero-order valence-corrected chi connectivity index (χ0v) is 12.3. The predicted octanol–water partition coefficient (Wildman–Crippen LogP) is 3.58. The fourth-order valence-corrected chi connectivity index (χ4v) is 2.30. The quantitative estimate of drug-likeness (QED) is 0.825. The molecule has 0 aliphatic heterocycles. The van der Waals surface area contributed by atoms with Gasteiger partial charge in [-0.05, 0) is 30.9 Å². The van der Waals surface area contributed by atoms with E-state index in [1.807, 2.05) is 37.3 Å². The molecular formula is C17H20O4. The molecule has 0 bridgehead atoms. The van der Waals surface area contributed by atoms with Crippen molar-refractivity contribution in [1.29, 1.82) is 0 Å². The van der Waals surface area contributed by atoms with Gasteiger partial charge in [0.15, 0.2) is 0 Å². The molecule has 0 fully saturated rings. The highest BCUT2D eigenvalue weighted by molar-refractivity contribution is 5.91. The lowest BCUT2D eigenvalue weighted by atomic mass is 10.0. The zero-order chi connectivity index (χ0) is 15.2. The van der Waals surface area contributed by atoms with Crippen LogP contribution in [0.25, 0.3) is 10.8 Å². The summed E-state index contributed by atoms with van der Waals surface area (Å²) in [6.45, 7) is 4.42. The van der Waals surface area contributed by atoms with E-state index in [2.05, 4.69) is 0 Å². The van der Waals surface area contributed by atoms with E-state index in [1.54, 1.807) is 13.0 Å². The molecule has 0 amide bonds. The number of hydrogen-bond acceptors (Lipinski definition) is 4. The summed E-state index contributed by atoms with van der Waals surface area (Å²) in [4.78, 5) is 11.3. The summed E-state index contributed by atoms with van der Waals surface area (Å²) in [5, 5.41) is 11.6. The molecule has 0 aromatic heterocycles. The molecule has 1 N–H and O–H groups in total. The first-order valence-electron chi connectivity index (χ1n) is 7.11. The fraction of sp³-hybridized carbons (Fsp3) is 0.353. The van der Waals surface area contributed by atoms with Gasteiger partial charge in [-0.3, -0.25) is 4.79 Å². The normalized spacial score (nSPS) is 12.3. The van der Waals surface area contributed by atoms with Crippen molar-refractivity contribution in [3.63, 3.8) is 0 Å². The van der Waals surface area contributed by atoms with Gasteiger partial charge in [0, 0.05) is 5.39 Å². The van der Waals surface area contributed by atoms with Gasteiger partial charge in [0.1, 0.15) is 5.75 Å². The minimum atomic E-state index is -0.250. The third kappa shape index (κ3) is 3.73. The van der Waals surface area contributed by atoms with Crippen molar-refractivity contribution in [3.8, 4) is 5.75 Å². The number of carbonyl (C=O) groups is 1. The molecule has 0 spiro atoms. The van der Waals surface area contributed by atoms with E-state index in [0.717, 1.165) is 16.3 Å². The second-order valence-electron chi connectivity index (χ2n) is 4.79. The highest BCUT2D eigenvalue weighted by Gasteiger charge is 2.12. The number of rotatable bonds is 6. The topological polar surface area (TPSA) is 55.8 Å².